The van der Waals surface area contributed by atoms with Crippen LogP contribution in [0.4, 0.5) is 0 Å². The zero-order valence-electron chi connectivity index (χ0n) is 14.0. The van der Waals surface area contributed by atoms with Crippen molar-refractivity contribution >= 4 is 5.97 Å². The van der Waals surface area contributed by atoms with Gasteiger partial charge in [-0.15, -0.1) is 5.10 Å². The van der Waals surface area contributed by atoms with E-state index in [-0.39, 0.29) is 6.61 Å². The largest absolute Gasteiger partial charge is 0.454 e. The monoisotopic (exact) mass is 342 g/mol. The van der Waals surface area contributed by atoms with Gasteiger partial charge in [0.15, 0.2) is 18.3 Å². The van der Waals surface area contributed by atoms with Gasteiger partial charge in [-0.1, -0.05) is 18.5 Å². The van der Waals surface area contributed by atoms with Gasteiger partial charge in [-0.2, -0.15) is 4.98 Å². The van der Waals surface area contributed by atoms with Crippen LogP contribution in [0.15, 0.2) is 28.8 Å². The maximum Gasteiger partial charge on any atom is 0.338 e. The predicted octanol–water partition coefficient (Wildman–Crippen LogP) is 2.19. The maximum absolute atomic E-state index is 12.2. The van der Waals surface area contributed by atoms with Crippen molar-refractivity contribution < 1.29 is 14.1 Å². The van der Waals surface area contributed by atoms with Gasteiger partial charge in [-0.3, -0.25) is 0 Å². The predicted molar refractivity (Wildman–Crippen MR) is 86.3 cm³/mol. The Kier molecular flexibility index (Phi) is 5.12. The minimum atomic E-state index is -0.446. The number of unbranched alkanes of at least 4 members (excludes halogenated alkanes) is 1. The summed E-state index contributed by atoms with van der Waals surface area (Å²) in [6.45, 7) is 4.56. The molecule has 3 rings (SSSR count). The lowest BCUT2D eigenvalue weighted by molar-refractivity contribution is 0.0456. The highest BCUT2D eigenvalue weighted by Crippen LogP contribution is 2.18. The molecule has 0 saturated heterocycles. The number of carbonyl (C=O) groups is 1. The smallest absolute Gasteiger partial charge is 0.338 e. The second-order valence-corrected chi connectivity index (χ2v) is 5.47. The Hall–Kier alpha value is -3.10. The lowest BCUT2D eigenvalue weighted by Crippen LogP contribution is -2.11. The summed E-state index contributed by atoms with van der Waals surface area (Å²) in [4.78, 5) is 16.3. The molecule has 0 amide bonds. The number of carbonyl (C=O) groups excluding carboxylic acids is 1. The molecule has 0 saturated carbocycles. The van der Waals surface area contributed by atoms with Crippen LogP contribution in [-0.2, 0) is 17.9 Å². The first kappa shape index (κ1) is 16.7. The summed E-state index contributed by atoms with van der Waals surface area (Å²) < 4.78 is 12.0. The highest BCUT2D eigenvalue weighted by molar-refractivity contribution is 5.89. The lowest BCUT2D eigenvalue weighted by Gasteiger charge is -2.06. The van der Waals surface area contributed by atoms with Crippen LogP contribution in [0, 0.1) is 6.92 Å². The van der Waals surface area contributed by atoms with E-state index in [1.54, 1.807) is 35.9 Å². The van der Waals surface area contributed by atoms with E-state index in [9.17, 15) is 4.79 Å². The first-order valence-electron chi connectivity index (χ1n) is 8.00. The Labute approximate surface area is 144 Å². The number of tetrazole rings is 1. The highest BCUT2D eigenvalue weighted by atomic mass is 16.5. The third-order valence-electron chi connectivity index (χ3n) is 3.56. The van der Waals surface area contributed by atoms with Crippen LogP contribution < -0.4 is 0 Å². The van der Waals surface area contributed by atoms with Crippen molar-refractivity contribution in [3.8, 4) is 11.5 Å². The minimum Gasteiger partial charge on any atom is -0.454 e. The van der Waals surface area contributed by atoms with Crippen molar-refractivity contribution in [3.05, 3.63) is 41.5 Å². The molecule has 9 heteroatoms. The van der Waals surface area contributed by atoms with E-state index in [2.05, 4.69) is 32.6 Å². The molecule has 0 radical (unpaired) electrons. The minimum absolute atomic E-state index is 0.0279. The van der Waals surface area contributed by atoms with Crippen LogP contribution in [0.2, 0.25) is 0 Å². The number of aromatic nitrogens is 6. The van der Waals surface area contributed by atoms with Crippen LogP contribution in [0.5, 0.6) is 0 Å². The summed E-state index contributed by atoms with van der Waals surface area (Å²) in [6, 6.07) is 6.76. The molecule has 1 aromatic carbocycles. The summed E-state index contributed by atoms with van der Waals surface area (Å²) >= 11 is 0. The lowest BCUT2D eigenvalue weighted by atomic mass is 10.1. The molecule has 0 bridgehead atoms. The van der Waals surface area contributed by atoms with Crippen LogP contribution in [-0.4, -0.2) is 36.3 Å². The van der Waals surface area contributed by atoms with Crippen molar-refractivity contribution in [2.45, 2.75) is 39.8 Å². The fourth-order valence-corrected chi connectivity index (χ4v) is 2.18. The quantitative estimate of drug-likeness (QED) is 0.601. The summed E-state index contributed by atoms with van der Waals surface area (Å²) in [5.41, 5.74) is 1.16. The van der Waals surface area contributed by atoms with Crippen LogP contribution in [0.1, 0.15) is 41.8 Å². The topological polar surface area (TPSA) is 109 Å². The average molecular weight is 342 g/mol. The standard InChI is InChI=1S/C16H18N6O3/c1-3-4-9-22-14(18-20-21-22)10-24-16(23)13-7-5-12(6-8-13)15-17-11(2)19-25-15/h5-8H,3-4,9-10H2,1-2H3. The normalized spacial score (nSPS) is 10.8. The van der Waals surface area contributed by atoms with E-state index in [0.717, 1.165) is 18.4 Å². The Morgan fingerprint density at radius 3 is 2.76 bits per heavy atom. The van der Waals surface area contributed by atoms with Crippen molar-refractivity contribution in [3.63, 3.8) is 0 Å². The van der Waals surface area contributed by atoms with Gasteiger partial charge in [0.05, 0.1) is 5.56 Å². The molecular formula is C16H18N6O3. The van der Waals surface area contributed by atoms with Crippen molar-refractivity contribution in [2.75, 3.05) is 0 Å². The number of rotatable bonds is 7. The zero-order valence-corrected chi connectivity index (χ0v) is 14.0. The second-order valence-electron chi connectivity index (χ2n) is 5.47. The fourth-order valence-electron chi connectivity index (χ4n) is 2.18. The number of benzene rings is 1. The van der Waals surface area contributed by atoms with Crippen molar-refractivity contribution in [2.24, 2.45) is 0 Å². The molecule has 130 valence electrons. The van der Waals surface area contributed by atoms with Crippen LogP contribution in [0.3, 0.4) is 0 Å². The second kappa shape index (κ2) is 7.65. The first-order valence-corrected chi connectivity index (χ1v) is 8.00. The van der Waals surface area contributed by atoms with Crippen LogP contribution >= 0.6 is 0 Å². The number of esters is 1. The highest BCUT2D eigenvalue weighted by Gasteiger charge is 2.13. The summed E-state index contributed by atoms with van der Waals surface area (Å²) in [6.07, 6.45) is 1.99. The van der Waals surface area contributed by atoms with Crippen LogP contribution in [0.25, 0.3) is 11.5 Å². The molecule has 0 aliphatic heterocycles. The van der Waals surface area contributed by atoms with Gasteiger partial charge in [0.2, 0.25) is 0 Å². The van der Waals surface area contributed by atoms with Gasteiger partial charge >= 0.3 is 5.97 Å². The van der Waals surface area contributed by atoms with Crippen molar-refractivity contribution in [1.82, 2.24) is 30.3 Å². The van der Waals surface area contributed by atoms with Gasteiger partial charge in [0.25, 0.3) is 5.89 Å². The van der Waals surface area contributed by atoms with E-state index in [1.165, 1.54) is 0 Å². The SMILES string of the molecule is CCCCn1nnnc1COC(=O)c1ccc(-c2nc(C)no2)cc1. The Morgan fingerprint density at radius 1 is 1.28 bits per heavy atom. The summed E-state index contributed by atoms with van der Waals surface area (Å²) in [5, 5.41) is 15.1. The van der Waals surface area contributed by atoms with Gasteiger partial charge in [-0.05, 0) is 48.0 Å². The molecule has 0 aliphatic carbocycles. The Balaban J connectivity index is 1.61. The van der Waals surface area contributed by atoms with E-state index in [1.807, 2.05) is 0 Å². The Bertz CT molecular complexity index is 840. The maximum atomic E-state index is 12.2. The average Bonchev–Trinajstić information content (AvgIpc) is 3.26. The fraction of sp³-hybridized carbons (Fsp3) is 0.375. The number of aryl methyl sites for hydroxylation is 2. The van der Waals surface area contributed by atoms with E-state index in [4.69, 9.17) is 9.26 Å². The van der Waals surface area contributed by atoms with Crippen molar-refractivity contribution in [1.29, 1.82) is 0 Å². The molecule has 0 N–H and O–H groups in total. The van der Waals surface area contributed by atoms with E-state index < -0.39 is 5.97 Å². The summed E-state index contributed by atoms with van der Waals surface area (Å²) in [7, 11) is 0. The molecule has 0 spiro atoms. The molecule has 0 atom stereocenters. The molecule has 3 aromatic rings. The summed E-state index contributed by atoms with van der Waals surface area (Å²) in [5.74, 6) is 1.05. The molecule has 2 aromatic heterocycles. The number of ether oxygens (including phenoxy) is 1. The van der Waals surface area contributed by atoms with Gasteiger partial charge in [0, 0.05) is 12.1 Å². The zero-order chi connectivity index (χ0) is 17.6. The molecular weight excluding hydrogens is 324 g/mol. The Morgan fingerprint density at radius 2 is 2.08 bits per heavy atom. The molecule has 0 fully saturated rings. The van der Waals surface area contributed by atoms with Gasteiger partial charge in [-0.25, -0.2) is 9.48 Å². The van der Waals surface area contributed by atoms with Gasteiger partial charge in [0.1, 0.15) is 0 Å². The molecule has 2 heterocycles. The third kappa shape index (κ3) is 4.06. The van der Waals surface area contributed by atoms with E-state index >= 15 is 0 Å². The molecule has 0 unspecified atom stereocenters. The molecule has 0 aliphatic rings. The number of nitrogens with zero attached hydrogens (tertiary/aromatic N) is 6. The third-order valence-corrected chi connectivity index (χ3v) is 3.56. The number of hydrogen-bond donors (Lipinski definition) is 0. The van der Waals surface area contributed by atoms with E-state index in [0.29, 0.717) is 29.6 Å². The van der Waals surface area contributed by atoms with Gasteiger partial charge < -0.3 is 9.26 Å². The number of hydrogen-bond acceptors (Lipinski definition) is 8. The molecule has 25 heavy (non-hydrogen) atoms. The molecule has 9 nitrogen and oxygen atoms in total. The first-order chi connectivity index (χ1) is 12.2.